The van der Waals surface area contributed by atoms with Gasteiger partial charge in [-0.15, -0.1) is 24.0 Å². The van der Waals surface area contributed by atoms with Crippen molar-refractivity contribution in [1.29, 1.82) is 0 Å². The standard InChI is InChI=1S/C15H31N5O.HI/c1-6-20(12-7-8-12)10-9-17-14(16-5)18-11-13(21)19-15(2,3)4;/h12H,6-11H2,1-5H3,(H,19,21)(H2,16,17,18);1H. The molecule has 0 atom stereocenters. The van der Waals surface area contributed by atoms with Gasteiger partial charge in [0.05, 0.1) is 6.54 Å². The third-order valence-corrected chi connectivity index (χ3v) is 3.32. The van der Waals surface area contributed by atoms with Crippen LogP contribution in [0.5, 0.6) is 0 Å². The van der Waals surface area contributed by atoms with Gasteiger partial charge in [0.15, 0.2) is 5.96 Å². The molecule has 0 unspecified atom stereocenters. The van der Waals surface area contributed by atoms with Crippen molar-refractivity contribution in [3.8, 4) is 0 Å². The minimum absolute atomic E-state index is 0. The number of hydrogen-bond donors (Lipinski definition) is 3. The summed E-state index contributed by atoms with van der Waals surface area (Å²) in [7, 11) is 1.72. The number of likely N-dealkylation sites (N-methyl/N-ethyl adjacent to an activating group) is 1. The average molecular weight is 425 g/mol. The lowest BCUT2D eigenvalue weighted by atomic mass is 10.1. The van der Waals surface area contributed by atoms with Crippen LogP contribution in [0.25, 0.3) is 0 Å². The highest BCUT2D eigenvalue weighted by molar-refractivity contribution is 14.0. The maximum Gasteiger partial charge on any atom is 0.239 e. The number of carbonyl (C=O) groups is 1. The predicted molar refractivity (Wildman–Crippen MR) is 103 cm³/mol. The van der Waals surface area contributed by atoms with Gasteiger partial charge >= 0.3 is 0 Å². The van der Waals surface area contributed by atoms with Crippen LogP contribution in [0.3, 0.4) is 0 Å². The zero-order valence-corrected chi connectivity index (χ0v) is 16.9. The van der Waals surface area contributed by atoms with E-state index in [4.69, 9.17) is 0 Å². The summed E-state index contributed by atoms with van der Waals surface area (Å²) < 4.78 is 0. The number of aliphatic imine (C=N–C) groups is 1. The molecule has 1 fully saturated rings. The molecular weight excluding hydrogens is 393 g/mol. The summed E-state index contributed by atoms with van der Waals surface area (Å²) in [5.41, 5.74) is -0.207. The van der Waals surface area contributed by atoms with Crippen LogP contribution in [-0.4, -0.2) is 61.6 Å². The van der Waals surface area contributed by atoms with Crippen LogP contribution in [0.2, 0.25) is 0 Å². The molecule has 0 saturated heterocycles. The van der Waals surface area contributed by atoms with E-state index in [-0.39, 0.29) is 42.0 Å². The first-order valence-corrected chi connectivity index (χ1v) is 7.85. The molecule has 0 aromatic rings. The lowest BCUT2D eigenvalue weighted by Gasteiger charge is -2.22. The summed E-state index contributed by atoms with van der Waals surface area (Å²) in [6.45, 7) is 11.3. The minimum atomic E-state index is -0.207. The lowest BCUT2D eigenvalue weighted by molar-refractivity contribution is -0.121. The maximum atomic E-state index is 11.7. The van der Waals surface area contributed by atoms with Gasteiger partial charge in [0.2, 0.25) is 5.91 Å². The molecule has 7 heteroatoms. The highest BCUT2D eigenvalue weighted by Gasteiger charge is 2.27. The normalized spacial score (nSPS) is 15.3. The van der Waals surface area contributed by atoms with Crippen LogP contribution in [0.1, 0.15) is 40.5 Å². The van der Waals surface area contributed by atoms with E-state index in [0.29, 0.717) is 5.96 Å². The summed E-state index contributed by atoms with van der Waals surface area (Å²) in [4.78, 5) is 18.4. The second-order valence-corrected chi connectivity index (χ2v) is 6.51. The van der Waals surface area contributed by atoms with Crippen molar-refractivity contribution in [1.82, 2.24) is 20.9 Å². The van der Waals surface area contributed by atoms with Gasteiger partial charge in [0.25, 0.3) is 0 Å². The Morgan fingerprint density at radius 3 is 2.36 bits per heavy atom. The van der Waals surface area contributed by atoms with Gasteiger partial charge in [0, 0.05) is 31.7 Å². The van der Waals surface area contributed by atoms with Crippen LogP contribution in [0.4, 0.5) is 0 Å². The highest BCUT2D eigenvalue weighted by Crippen LogP contribution is 2.25. The Morgan fingerprint density at radius 1 is 1.27 bits per heavy atom. The van der Waals surface area contributed by atoms with Crippen molar-refractivity contribution in [2.75, 3.05) is 33.2 Å². The summed E-state index contributed by atoms with van der Waals surface area (Å²) in [6, 6.07) is 0.782. The molecule has 0 aliphatic heterocycles. The van der Waals surface area contributed by atoms with Crippen molar-refractivity contribution in [2.45, 2.75) is 52.1 Å². The molecule has 1 amide bonds. The van der Waals surface area contributed by atoms with Gasteiger partial charge in [-0.25, -0.2) is 0 Å². The number of rotatable bonds is 7. The van der Waals surface area contributed by atoms with Gasteiger partial charge in [-0.1, -0.05) is 6.92 Å². The topological polar surface area (TPSA) is 68.8 Å². The second kappa shape index (κ2) is 10.3. The highest BCUT2D eigenvalue weighted by atomic mass is 127. The van der Waals surface area contributed by atoms with Crippen molar-refractivity contribution < 1.29 is 4.79 Å². The molecule has 0 aromatic carbocycles. The number of carbonyl (C=O) groups excluding carboxylic acids is 1. The van der Waals surface area contributed by atoms with E-state index < -0.39 is 0 Å². The summed E-state index contributed by atoms with van der Waals surface area (Å²) in [5, 5.41) is 9.20. The monoisotopic (exact) mass is 425 g/mol. The van der Waals surface area contributed by atoms with Crippen molar-refractivity contribution in [2.24, 2.45) is 4.99 Å². The molecule has 1 aliphatic carbocycles. The average Bonchev–Trinajstić information content (AvgIpc) is 3.20. The van der Waals surface area contributed by atoms with E-state index in [1.165, 1.54) is 12.8 Å². The SMILES string of the molecule is CCN(CCNC(=NC)NCC(=O)NC(C)(C)C)C1CC1.I. The number of guanidine groups is 1. The molecule has 0 radical (unpaired) electrons. The van der Waals surface area contributed by atoms with Crippen molar-refractivity contribution in [3.05, 3.63) is 0 Å². The number of nitrogens with zero attached hydrogens (tertiary/aromatic N) is 2. The van der Waals surface area contributed by atoms with Gasteiger partial charge in [-0.2, -0.15) is 0 Å². The number of halogens is 1. The molecule has 0 bridgehead atoms. The third kappa shape index (κ3) is 9.45. The zero-order valence-electron chi connectivity index (χ0n) is 14.5. The maximum absolute atomic E-state index is 11.7. The minimum Gasteiger partial charge on any atom is -0.355 e. The molecule has 3 N–H and O–H groups in total. The van der Waals surface area contributed by atoms with Crippen molar-refractivity contribution in [3.63, 3.8) is 0 Å². The Balaban J connectivity index is 0.00000441. The Kier molecular flexibility index (Phi) is 9.99. The number of hydrogen-bond acceptors (Lipinski definition) is 3. The molecule has 130 valence electrons. The van der Waals surface area contributed by atoms with E-state index >= 15 is 0 Å². The first kappa shape index (κ1) is 21.4. The third-order valence-electron chi connectivity index (χ3n) is 3.32. The molecule has 6 nitrogen and oxygen atoms in total. The smallest absolute Gasteiger partial charge is 0.239 e. The van der Waals surface area contributed by atoms with Crippen LogP contribution in [-0.2, 0) is 4.79 Å². The molecule has 0 aromatic heterocycles. The number of amides is 1. The Hall–Kier alpha value is -0.570. The summed E-state index contributed by atoms with van der Waals surface area (Å²) in [5.74, 6) is 0.643. The van der Waals surface area contributed by atoms with Crippen LogP contribution < -0.4 is 16.0 Å². The molecule has 1 saturated carbocycles. The largest absolute Gasteiger partial charge is 0.355 e. The molecule has 0 heterocycles. The van der Waals surface area contributed by atoms with Gasteiger partial charge in [-0.05, 0) is 40.2 Å². The lowest BCUT2D eigenvalue weighted by Crippen LogP contribution is -2.49. The van der Waals surface area contributed by atoms with E-state index in [1.807, 2.05) is 20.8 Å². The van der Waals surface area contributed by atoms with Gasteiger partial charge in [-0.3, -0.25) is 14.7 Å². The first-order chi connectivity index (χ1) is 9.85. The molecule has 22 heavy (non-hydrogen) atoms. The van der Waals surface area contributed by atoms with E-state index in [0.717, 1.165) is 25.7 Å². The Morgan fingerprint density at radius 2 is 1.91 bits per heavy atom. The fourth-order valence-corrected chi connectivity index (χ4v) is 2.20. The Bertz CT molecular complexity index is 363. The van der Waals surface area contributed by atoms with Crippen LogP contribution in [0, 0.1) is 0 Å². The molecule has 1 aliphatic rings. The van der Waals surface area contributed by atoms with E-state index in [9.17, 15) is 4.79 Å². The van der Waals surface area contributed by atoms with Gasteiger partial charge in [0.1, 0.15) is 0 Å². The molecule has 0 spiro atoms. The van der Waals surface area contributed by atoms with E-state index in [1.54, 1.807) is 7.05 Å². The fraction of sp³-hybridized carbons (Fsp3) is 0.867. The molecular formula is C15H32IN5O. The predicted octanol–water partition coefficient (Wildman–Crippen LogP) is 1.17. The second-order valence-electron chi connectivity index (χ2n) is 6.51. The number of nitrogens with one attached hydrogen (secondary N) is 3. The first-order valence-electron chi connectivity index (χ1n) is 7.85. The molecule has 1 rings (SSSR count). The van der Waals surface area contributed by atoms with Crippen molar-refractivity contribution >= 4 is 35.8 Å². The quantitative estimate of drug-likeness (QED) is 0.326. The Labute approximate surface area is 151 Å². The van der Waals surface area contributed by atoms with E-state index in [2.05, 4.69) is 32.8 Å². The fourth-order valence-electron chi connectivity index (χ4n) is 2.20. The van der Waals surface area contributed by atoms with Crippen LogP contribution in [0.15, 0.2) is 4.99 Å². The van der Waals surface area contributed by atoms with Crippen LogP contribution >= 0.6 is 24.0 Å². The zero-order chi connectivity index (χ0) is 15.9. The van der Waals surface area contributed by atoms with Gasteiger partial charge < -0.3 is 16.0 Å². The summed E-state index contributed by atoms with van der Waals surface area (Å²) >= 11 is 0. The summed E-state index contributed by atoms with van der Waals surface area (Å²) in [6.07, 6.45) is 2.65.